The lowest BCUT2D eigenvalue weighted by Gasteiger charge is -2.05. The van der Waals surface area contributed by atoms with Crippen molar-refractivity contribution in [1.29, 1.82) is 0 Å². The van der Waals surface area contributed by atoms with Crippen LogP contribution < -0.4 is 10.4 Å². The van der Waals surface area contributed by atoms with E-state index in [4.69, 9.17) is 20.8 Å². The summed E-state index contributed by atoms with van der Waals surface area (Å²) >= 11 is 6.16. The summed E-state index contributed by atoms with van der Waals surface area (Å²) in [6.45, 7) is 0.257. The van der Waals surface area contributed by atoms with E-state index in [2.05, 4.69) is 10.3 Å². The monoisotopic (exact) mass is 353 g/mol. The second-order valence-corrected chi connectivity index (χ2v) is 5.76. The van der Waals surface area contributed by atoms with Crippen molar-refractivity contribution in [3.8, 4) is 11.4 Å². The smallest absolute Gasteiger partial charge is 0.336 e. The Hall–Kier alpha value is -3.12. The predicted octanol–water partition coefficient (Wildman–Crippen LogP) is 3.61. The van der Waals surface area contributed by atoms with Gasteiger partial charge in [-0.25, -0.2) is 9.48 Å². The maximum atomic E-state index is 11.2. The fourth-order valence-corrected chi connectivity index (χ4v) is 2.64. The van der Waals surface area contributed by atoms with Gasteiger partial charge in [-0.1, -0.05) is 28.9 Å². The zero-order valence-corrected chi connectivity index (χ0v) is 13.7. The molecule has 2 aromatic heterocycles. The van der Waals surface area contributed by atoms with Crippen LogP contribution in [0.25, 0.3) is 16.7 Å². The molecule has 0 saturated carbocycles. The van der Waals surface area contributed by atoms with Crippen LogP contribution in [0.1, 0.15) is 5.69 Å². The number of benzene rings is 2. The van der Waals surface area contributed by atoms with E-state index in [1.807, 2.05) is 18.2 Å². The molecule has 0 atom stereocenters. The van der Waals surface area contributed by atoms with Crippen LogP contribution >= 0.6 is 11.6 Å². The Morgan fingerprint density at radius 1 is 1.12 bits per heavy atom. The Labute approximate surface area is 147 Å². The van der Waals surface area contributed by atoms with E-state index in [9.17, 15) is 4.79 Å². The van der Waals surface area contributed by atoms with E-state index in [-0.39, 0.29) is 12.2 Å². The average Bonchev–Trinajstić information content (AvgIpc) is 3.09. The topological polar surface area (TPSA) is 70.2 Å². The summed E-state index contributed by atoms with van der Waals surface area (Å²) in [7, 11) is 0. The number of para-hydroxylation sites is 1. The largest absolute Gasteiger partial charge is 0.487 e. The fourth-order valence-electron chi connectivity index (χ4n) is 2.42. The Kier molecular flexibility index (Phi) is 3.95. The lowest BCUT2D eigenvalue weighted by atomic mass is 10.2. The Morgan fingerprint density at radius 3 is 2.88 bits per heavy atom. The van der Waals surface area contributed by atoms with Gasteiger partial charge in [-0.3, -0.25) is 0 Å². The molecule has 7 heteroatoms. The molecular formula is C18H12ClN3O3. The molecule has 0 fully saturated rings. The molecule has 4 rings (SSSR count). The van der Waals surface area contributed by atoms with Crippen LogP contribution in [0.2, 0.25) is 5.02 Å². The molecule has 0 bridgehead atoms. The molecule has 0 unspecified atom stereocenters. The number of halogens is 1. The number of aromatic nitrogens is 3. The third kappa shape index (κ3) is 3.25. The first kappa shape index (κ1) is 15.4. The van der Waals surface area contributed by atoms with E-state index < -0.39 is 0 Å². The molecule has 6 nitrogen and oxygen atoms in total. The number of nitrogens with zero attached hydrogens (tertiary/aromatic N) is 3. The zero-order valence-electron chi connectivity index (χ0n) is 12.9. The standard InChI is InChI=1S/C18H12ClN3O3/c19-15-3-1-2-4-16(15)22-10-13(20-21-22)11-24-14-6-7-17-12(9-14)5-8-18(23)25-17/h1-10H,11H2. The summed E-state index contributed by atoms with van der Waals surface area (Å²) in [6, 6.07) is 15.7. The van der Waals surface area contributed by atoms with Crippen LogP contribution in [-0.2, 0) is 6.61 Å². The van der Waals surface area contributed by atoms with Crippen LogP contribution in [0.5, 0.6) is 5.75 Å². The van der Waals surface area contributed by atoms with E-state index in [0.717, 1.165) is 11.1 Å². The highest BCUT2D eigenvalue weighted by Gasteiger charge is 2.07. The van der Waals surface area contributed by atoms with Crippen molar-refractivity contribution in [2.45, 2.75) is 6.61 Å². The highest BCUT2D eigenvalue weighted by atomic mass is 35.5. The maximum absolute atomic E-state index is 11.2. The van der Waals surface area contributed by atoms with Crippen molar-refractivity contribution in [3.63, 3.8) is 0 Å². The van der Waals surface area contributed by atoms with Crippen LogP contribution in [-0.4, -0.2) is 15.0 Å². The molecule has 0 amide bonds. The first-order valence-corrected chi connectivity index (χ1v) is 7.90. The third-order valence-electron chi connectivity index (χ3n) is 3.62. The van der Waals surface area contributed by atoms with Gasteiger partial charge in [-0.15, -0.1) is 5.10 Å². The Morgan fingerprint density at radius 2 is 2.00 bits per heavy atom. The summed E-state index contributed by atoms with van der Waals surface area (Å²) in [5.74, 6) is 0.647. The minimum atomic E-state index is -0.377. The maximum Gasteiger partial charge on any atom is 0.336 e. The van der Waals surface area contributed by atoms with Crippen LogP contribution in [0.15, 0.2) is 70.0 Å². The van der Waals surface area contributed by atoms with Gasteiger partial charge in [-0.2, -0.15) is 0 Å². The molecule has 2 heterocycles. The van der Waals surface area contributed by atoms with Crippen LogP contribution in [0.4, 0.5) is 0 Å². The molecule has 0 aliphatic heterocycles. The quantitative estimate of drug-likeness (QED) is 0.524. The van der Waals surface area contributed by atoms with Gasteiger partial charge in [0.2, 0.25) is 0 Å². The predicted molar refractivity (Wildman–Crippen MR) is 93.2 cm³/mol. The van der Waals surface area contributed by atoms with E-state index in [0.29, 0.717) is 22.0 Å². The number of ether oxygens (including phenoxy) is 1. The molecule has 4 aromatic rings. The van der Waals surface area contributed by atoms with Crippen molar-refractivity contribution in [2.75, 3.05) is 0 Å². The fraction of sp³-hybridized carbons (Fsp3) is 0.0556. The highest BCUT2D eigenvalue weighted by molar-refractivity contribution is 6.32. The highest BCUT2D eigenvalue weighted by Crippen LogP contribution is 2.21. The van der Waals surface area contributed by atoms with E-state index in [1.54, 1.807) is 41.2 Å². The van der Waals surface area contributed by atoms with Gasteiger partial charge in [0.25, 0.3) is 0 Å². The van der Waals surface area contributed by atoms with E-state index in [1.165, 1.54) is 6.07 Å². The number of fused-ring (bicyclic) bond motifs is 1. The van der Waals surface area contributed by atoms with Gasteiger partial charge in [0.1, 0.15) is 23.6 Å². The second kappa shape index (κ2) is 6.41. The van der Waals surface area contributed by atoms with Gasteiger partial charge in [-0.05, 0) is 36.4 Å². The molecule has 0 N–H and O–H groups in total. The summed E-state index contributed by atoms with van der Waals surface area (Å²) in [5, 5.41) is 9.55. The van der Waals surface area contributed by atoms with Gasteiger partial charge in [0.05, 0.1) is 16.9 Å². The van der Waals surface area contributed by atoms with Gasteiger partial charge >= 0.3 is 5.63 Å². The van der Waals surface area contributed by atoms with Crippen LogP contribution in [0, 0.1) is 0 Å². The Bertz CT molecular complexity index is 1100. The number of hydrogen-bond donors (Lipinski definition) is 0. The number of hydrogen-bond acceptors (Lipinski definition) is 5. The Balaban J connectivity index is 1.51. The molecule has 25 heavy (non-hydrogen) atoms. The van der Waals surface area contributed by atoms with Gasteiger partial charge in [0.15, 0.2) is 0 Å². The summed E-state index contributed by atoms with van der Waals surface area (Å²) in [5.41, 5.74) is 1.56. The molecule has 124 valence electrons. The van der Waals surface area contributed by atoms with Crippen molar-refractivity contribution < 1.29 is 9.15 Å². The SMILES string of the molecule is O=c1ccc2cc(OCc3cn(-c4ccccc4Cl)nn3)ccc2o1. The van der Waals surface area contributed by atoms with Crippen LogP contribution in [0.3, 0.4) is 0 Å². The molecule has 0 aliphatic rings. The lowest BCUT2D eigenvalue weighted by molar-refractivity contribution is 0.301. The van der Waals surface area contributed by atoms with E-state index >= 15 is 0 Å². The molecule has 2 aromatic carbocycles. The molecule has 0 aliphatic carbocycles. The first-order chi connectivity index (χ1) is 12.2. The number of rotatable bonds is 4. The zero-order chi connectivity index (χ0) is 17.2. The first-order valence-electron chi connectivity index (χ1n) is 7.52. The third-order valence-corrected chi connectivity index (χ3v) is 3.94. The molecule has 0 spiro atoms. The lowest BCUT2D eigenvalue weighted by Crippen LogP contribution is -1.97. The van der Waals surface area contributed by atoms with Gasteiger partial charge < -0.3 is 9.15 Å². The average molecular weight is 354 g/mol. The minimum Gasteiger partial charge on any atom is -0.487 e. The van der Waals surface area contributed by atoms with Crippen molar-refractivity contribution in [3.05, 3.63) is 81.9 Å². The second-order valence-electron chi connectivity index (χ2n) is 5.35. The van der Waals surface area contributed by atoms with Gasteiger partial charge in [0, 0.05) is 11.5 Å². The summed E-state index contributed by atoms with van der Waals surface area (Å²) < 4.78 is 12.4. The van der Waals surface area contributed by atoms with Crippen molar-refractivity contribution in [1.82, 2.24) is 15.0 Å². The molecular weight excluding hydrogens is 342 g/mol. The summed E-state index contributed by atoms with van der Waals surface area (Å²) in [4.78, 5) is 11.2. The molecule has 0 radical (unpaired) electrons. The van der Waals surface area contributed by atoms with Crippen molar-refractivity contribution in [2.24, 2.45) is 0 Å². The normalized spacial score (nSPS) is 10.9. The minimum absolute atomic E-state index is 0.257. The van der Waals surface area contributed by atoms with Crippen molar-refractivity contribution >= 4 is 22.6 Å². The molecule has 0 saturated heterocycles. The summed E-state index contributed by atoms with van der Waals surface area (Å²) in [6.07, 6.45) is 1.77.